The van der Waals surface area contributed by atoms with Crippen molar-refractivity contribution in [1.82, 2.24) is 9.55 Å². The Balaban J connectivity index is 0.00000288. The third kappa shape index (κ3) is 8.40. The van der Waals surface area contributed by atoms with Gasteiger partial charge in [-0.1, -0.05) is 39.0 Å². The number of aromatic nitrogens is 2. The number of nitrogens with two attached hydrogens (primary N) is 1. The molecule has 1 aromatic rings. The molecule has 1 heterocycles. The molecule has 1 fully saturated rings. The first-order chi connectivity index (χ1) is 11.1. The Hall–Kier alpha value is -0.820. The lowest BCUT2D eigenvalue weighted by Gasteiger charge is -2.21. The minimum absolute atomic E-state index is 0. The number of aryl methyl sites for hydroxylation is 1. The number of hydrogen-bond donors (Lipinski definition) is 2. The standard InChI is InChI=1S/C17H29N3O3.2ClH/c1-2-16(18)23-15(17(21)22)10-14-11-20(12-19-14)9-8-13-6-4-3-5-7-13;;/h11-13,15-16H,2-10,18H2,1H3,(H,21,22);2*1H/t15-,16-;;/m1../s1. The molecule has 0 bridgehead atoms. The van der Waals surface area contributed by atoms with Crippen molar-refractivity contribution in [3.63, 3.8) is 0 Å². The molecule has 0 aliphatic heterocycles. The van der Waals surface area contributed by atoms with E-state index in [0.717, 1.165) is 18.2 Å². The molecule has 25 heavy (non-hydrogen) atoms. The molecule has 2 atom stereocenters. The number of nitrogens with zero attached hydrogens (tertiary/aromatic N) is 2. The number of imidazole rings is 1. The lowest BCUT2D eigenvalue weighted by molar-refractivity contribution is -0.154. The molecule has 0 unspecified atom stereocenters. The smallest absolute Gasteiger partial charge is 0.333 e. The highest BCUT2D eigenvalue weighted by atomic mass is 35.5. The molecular formula is C17H31Cl2N3O3. The van der Waals surface area contributed by atoms with Crippen LogP contribution in [0.4, 0.5) is 0 Å². The second-order valence-corrected chi connectivity index (χ2v) is 6.51. The Kier molecular flexibility index (Phi) is 12.1. The zero-order valence-corrected chi connectivity index (χ0v) is 16.4. The maximum atomic E-state index is 11.3. The van der Waals surface area contributed by atoms with Crippen LogP contribution in [0.2, 0.25) is 0 Å². The molecule has 0 saturated heterocycles. The van der Waals surface area contributed by atoms with E-state index in [1.165, 1.54) is 38.5 Å². The van der Waals surface area contributed by atoms with E-state index < -0.39 is 18.3 Å². The van der Waals surface area contributed by atoms with Crippen molar-refractivity contribution in [2.75, 3.05) is 0 Å². The van der Waals surface area contributed by atoms with E-state index >= 15 is 0 Å². The van der Waals surface area contributed by atoms with E-state index in [0.29, 0.717) is 6.42 Å². The predicted octanol–water partition coefficient (Wildman–Crippen LogP) is 3.40. The van der Waals surface area contributed by atoms with Gasteiger partial charge in [0.1, 0.15) is 6.23 Å². The topological polar surface area (TPSA) is 90.4 Å². The summed E-state index contributed by atoms with van der Waals surface area (Å²) in [5.41, 5.74) is 6.43. The summed E-state index contributed by atoms with van der Waals surface area (Å²) >= 11 is 0. The average Bonchev–Trinajstić information content (AvgIpc) is 3.00. The summed E-state index contributed by atoms with van der Waals surface area (Å²) in [5, 5.41) is 9.24. The van der Waals surface area contributed by atoms with Crippen molar-refractivity contribution in [1.29, 1.82) is 0 Å². The summed E-state index contributed by atoms with van der Waals surface area (Å²) < 4.78 is 7.42. The van der Waals surface area contributed by atoms with Gasteiger partial charge < -0.3 is 20.1 Å². The highest BCUT2D eigenvalue weighted by Crippen LogP contribution is 2.26. The van der Waals surface area contributed by atoms with Gasteiger partial charge in [0.05, 0.1) is 12.0 Å². The van der Waals surface area contributed by atoms with Crippen molar-refractivity contribution in [2.45, 2.75) is 77.2 Å². The molecule has 0 radical (unpaired) electrons. The second-order valence-electron chi connectivity index (χ2n) is 6.51. The van der Waals surface area contributed by atoms with Gasteiger partial charge in [-0.15, -0.1) is 24.8 Å². The highest BCUT2D eigenvalue weighted by Gasteiger charge is 2.22. The first-order valence-corrected chi connectivity index (χ1v) is 8.73. The Morgan fingerprint density at radius 2 is 2.08 bits per heavy atom. The predicted molar refractivity (Wildman–Crippen MR) is 102 cm³/mol. The van der Waals surface area contributed by atoms with Gasteiger partial charge in [-0.25, -0.2) is 9.78 Å². The van der Waals surface area contributed by atoms with Crippen molar-refractivity contribution in [3.8, 4) is 0 Å². The number of carboxylic acids is 1. The van der Waals surface area contributed by atoms with E-state index in [2.05, 4.69) is 9.55 Å². The summed E-state index contributed by atoms with van der Waals surface area (Å²) in [7, 11) is 0. The van der Waals surface area contributed by atoms with Gasteiger partial charge in [0.25, 0.3) is 0 Å². The third-order valence-electron chi connectivity index (χ3n) is 4.62. The molecule has 1 aromatic heterocycles. The van der Waals surface area contributed by atoms with Gasteiger partial charge in [-0.2, -0.15) is 0 Å². The summed E-state index contributed by atoms with van der Waals surface area (Å²) in [6.07, 6.45) is 11.0. The van der Waals surface area contributed by atoms with E-state index in [1.54, 1.807) is 6.33 Å². The number of aliphatic carboxylic acids is 1. The fraction of sp³-hybridized carbons (Fsp3) is 0.765. The van der Waals surface area contributed by atoms with Gasteiger partial charge in [0, 0.05) is 19.2 Å². The van der Waals surface area contributed by atoms with Crippen LogP contribution in [0.3, 0.4) is 0 Å². The maximum absolute atomic E-state index is 11.3. The van der Waals surface area contributed by atoms with E-state index in [1.807, 2.05) is 13.1 Å². The Bertz CT molecular complexity index is 493. The number of halogens is 2. The minimum atomic E-state index is -0.995. The lowest BCUT2D eigenvalue weighted by atomic mass is 9.87. The molecule has 0 amide bonds. The zero-order chi connectivity index (χ0) is 16.7. The molecule has 8 heteroatoms. The molecule has 1 saturated carbocycles. The largest absolute Gasteiger partial charge is 0.479 e. The molecule has 0 aromatic carbocycles. The van der Waals surface area contributed by atoms with Gasteiger partial charge in [0.15, 0.2) is 6.10 Å². The first kappa shape index (κ1) is 24.2. The summed E-state index contributed by atoms with van der Waals surface area (Å²) in [6, 6.07) is 0. The quantitative estimate of drug-likeness (QED) is 0.625. The molecule has 0 spiro atoms. The molecular weight excluding hydrogens is 365 g/mol. The molecule has 6 nitrogen and oxygen atoms in total. The van der Waals surface area contributed by atoms with Crippen LogP contribution in [0, 0.1) is 5.92 Å². The monoisotopic (exact) mass is 395 g/mol. The Morgan fingerprint density at radius 1 is 1.40 bits per heavy atom. The minimum Gasteiger partial charge on any atom is -0.479 e. The number of carbonyl (C=O) groups is 1. The van der Waals surface area contributed by atoms with Crippen molar-refractivity contribution in [3.05, 3.63) is 18.2 Å². The SMILES string of the molecule is CC[C@H](N)O[C@H](Cc1cn(CCC2CCCCC2)cn1)C(=O)O.Cl.Cl. The van der Waals surface area contributed by atoms with Crippen molar-refractivity contribution in [2.24, 2.45) is 11.7 Å². The number of hydrogen-bond acceptors (Lipinski definition) is 4. The van der Waals surface area contributed by atoms with Gasteiger partial charge >= 0.3 is 5.97 Å². The zero-order valence-electron chi connectivity index (χ0n) is 14.8. The van der Waals surface area contributed by atoms with Crippen LogP contribution in [-0.2, 0) is 22.5 Å². The van der Waals surface area contributed by atoms with Gasteiger partial charge in [-0.3, -0.25) is 0 Å². The molecule has 1 aliphatic carbocycles. The molecule has 1 aliphatic rings. The normalized spacial score (nSPS) is 17.2. The van der Waals surface area contributed by atoms with Gasteiger partial charge in [0.2, 0.25) is 0 Å². The van der Waals surface area contributed by atoms with Crippen LogP contribution < -0.4 is 5.73 Å². The van der Waals surface area contributed by atoms with Crippen LogP contribution in [-0.4, -0.2) is 33.0 Å². The second kappa shape index (κ2) is 12.5. The third-order valence-corrected chi connectivity index (χ3v) is 4.62. The molecule has 2 rings (SSSR count). The van der Waals surface area contributed by atoms with Crippen molar-refractivity contribution < 1.29 is 14.6 Å². The van der Waals surface area contributed by atoms with Crippen LogP contribution in [0.25, 0.3) is 0 Å². The Morgan fingerprint density at radius 3 is 2.68 bits per heavy atom. The van der Waals surface area contributed by atoms with E-state index in [-0.39, 0.29) is 31.2 Å². The lowest BCUT2D eigenvalue weighted by Crippen LogP contribution is -2.35. The van der Waals surface area contributed by atoms with E-state index in [9.17, 15) is 9.90 Å². The highest BCUT2D eigenvalue weighted by molar-refractivity contribution is 5.85. The van der Waals surface area contributed by atoms with Crippen LogP contribution in [0.1, 0.15) is 57.6 Å². The first-order valence-electron chi connectivity index (χ1n) is 8.73. The molecule has 146 valence electrons. The average molecular weight is 396 g/mol. The fourth-order valence-corrected chi connectivity index (χ4v) is 3.13. The van der Waals surface area contributed by atoms with Crippen LogP contribution in [0.15, 0.2) is 12.5 Å². The van der Waals surface area contributed by atoms with E-state index in [4.69, 9.17) is 10.5 Å². The van der Waals surface area contributed by atoms with Crippen molar-refractivity contribution >= 4 is 30.8 Å². The van der Waals surface area contributed by atoms with Crippen LogP contribution >= 0.6 is 24.8 Å². The van der Waals surface area contributed by atoms with Gasteiger partial charge in [-0.05, 0) is 18.8 Å². The number of carboxylic acid groups (broad SMARTS) is 1. The summed E-state index contributed by atoms with van der Waals surface area (Å²) in [6.45, 7) is 2.81. The molecule has 3 N–H and O–H groups in total. The summed E-state index contributed by atoms with van der Waals surface area (Å²) in [5.74, 6) is -0.169. The number of rotatable bonds is 9. The fourth-order valence-electron chi connectivity index (χ4n) is 3.13. The maximum Gasteiger partial charge on any atom is 0.333 e. The number of ether oxygens (including phenoxy) is 1. The summed E-state index contributed by atoms with van der Waals surface area (Å²) in [4.78, 5) is 15.6. The van der Waals surface area contributed by atoms with Crippen LogP contribution in [0.5, 0.6) is 0 Å². The Labute approximate surface area is 162 Å².